The molecule has 2 rings (SSSR count). The van der Waals surface area contributed by atoms with Crippen LogP contribution in [-0.2, 0) is 13.0 Å². The molecule has 0 fully saturated rings. The highest BCUT2D eigenvalue weighted by atomic mass is 32.1. The van der Waals surface area contributed by atoms with E-state index in [4.69, 9.17) is 5.73 Å². The Bertz CT molecular complexity index is 582. The van der Waals surface area contributed by atoms with Gasteiger partial charge in [-0.25, -0.2) is 4.79 Å². The van der Waals surface area contributed by atoms with E-state index in [0.29, 0.717) is 12.2 Å². The maximum atomic E-state index is 11.3. The smallest absolute Gasteiger partial charge is 0.338 e. The van der Waals surface area contributed by atoms with Gasteiger partial charge in [-0.3, -0.25) is 0 Å². The predicted octanol–water partition coefficient (Wildman–Crippen LogP) is 2.70. The molecule has 0 radical (unpaired) electrons. The summed E-state index contributed by atoms with van der Waals surface area (Å²) in [7, 11) is 1.99. The quantitative estimate of drug-likeness (QED) is 0.803. The first kappa shape index (κ1) is 14.6. The summed E-state index contributed by atoms with van der Waals surface area (Å²) in [6.07, 6.45) is 0.971. The molecule has 2 aromatic rings. The van der Waals surface area contributed by atoms with Crippen LogP contribution < -0.4 is 5.73 Å². The average Bonchev–Trinajstić information content (AvgIpc) is 2.89. The van der Waals surface area contributed by atoms with Crippen LogP contribution in [0, 0.1) is 0 Å². The zero-order valence-electron chi connectivity index (χ0n) is 11.4. The molecular weight excluding hydrogens is 272 g/mol. The minimum atomic E-state index is -0.968. The fourth-order valence-corrected chi connectivity index (χ4v) is 2.84. The lowest BCUT2D eigenvalue weighted by atomic mass is 10.1. The number of nitrogen functional groups attached to an aromatic ring is 1. The number of thiophene rings is 1. The largest absolute Gasteiger partial charge is 0.478 e. The molecule has 0 spiro atoms. The normalized spacial score (nSPS) is 10.9. The summed E-state index contributed by atoms with van der Waals surface area (Å²) >= 11 is 1.74. The first-order valence-electron chi connectivity index (χ1n) is 6.39. The Labute approximate surface area is 122 Å². The molecule has 0 bridgehead atoms. The number of aromatic carboxylic acids is 1. The van der Waals surface area contributed by atoms with Gasteiger partial charge in [0.25, 0.3) is 0 Å². The minimum absolute atomic E-state index is 0.218. The van der Waals surface area contributed by atoms with Gasteiger partial charge in [0.2, 0.25) is 0 Å². The molecular formula is C15H18N2O2S. The van der Waals surface area contributed by atoms with E-state index in [1.807, 2.05) is 19.2 Å². The van der Waals surface area contributed by atoms with Crippen molar-refractivity contribution in [2.24, 2.45) is 0 Å². The summed E-state index contributed by atoms with van der Waals surface area (Å²) in [4.78, 5) is 14.7. The van der Waals surface area contributed by atoms with E-state index in [1.165, 1.54) is 4.88 Å². The van der Waals surface area contributed by atoms with Gasteiger partial charge in [0.05, 0.1) is 5.56 Å². The topological polar surface area (TPSA) is 66.6 Å². The van der Waals surface area contributed by atoms with E-state index in [2.05, 4.69) is 16.3 Å². The van der Waals surface area contributed by atoms with E-state index in [1.54, 1.807) is 23.5 Å². The number of carboxylic acids is 1. The molecule has 1 aromatic carbocycles. The van der Waals surface area contributed by atoms with Gasteiger partial charge >= 0.3 is 5.97 Å². The average molecular weight is 290 g/mol. The molecule has 0 amide bonds. The number of carboxylic acid groups (broad SMARTS) is 1. The Morgan fingerprint density at radius 3 is 2.80 bits per heavy atom. The van der Waals surface area contributed by atoms with Crippen molar-refractivity contribution in [1.29, 1.82) is 0 Å². The van der Waals surface area contributed by atoms with Crippen LogP contribution in [0.15, 0.2) is 35.7 Å². The molecule has 0 saturated heterocycles. The molecule has 3 N–H and O–H groups in total. The standard InChI is InChI=1S/C15H18N2O2S/c1-17(8-7-12-5-3-9-20-12)10-11-4-2-6-13(16)14(11)15(18)19/h2-6,9H,7-8,10,16H2,1H3,(H,18,19). The zero-order valence-corrected chi connectivity index (χ0v) is 12.2. The number of nitrogens with zero attached hydrogens (tertiary/aromatic N) is 1. The molecule has 0 unspecified atom stereocenters. The van der Waals surface area contributed by atoms with Crippen molar-refractivity contribution >= 4 is 23.0 Å². The van der Waals surface area contributed by atoms with Gasteiger partial charge in [0.1, 0.15) is 0 Å². The lowest BCUT2D eigenvalue weighted by molar-refractivity contribution is 0.0696. The molecule has 106 valence electrons. The van der Waals surface area contributed by atoms with E-state index in [9.17, 15) is 9.90 Å². The van der Waals surface area contributed by atoms with Crippen molar-refractivity contribution in [2.45, 2.75) is 13.0 Å². The third kappa shape index (κ3) is 3.59. The number of carbonyl (C=O) groups is 1. The van der Waals surface area contributed by atoms with Gasteiger partial charge in [0, 0.05) is 23.7 Å². The fourth-order valence-electron chi connectivity index (χ4n) is 2.14. The molecule has 1 aromatic heterocycles. The number of likely N-dealkylation sites (N-methyl/N-ethyl adjacent to an activating group) is 1. The minimum Gasteiger partial charge on any atom is -0.478 e. The second-order valence-corrected chi connectivity index (χ2v) is 5.79. The highest BCUT2D eigenvalue weighted by molar-refractivity contribution is 7.09. The van der Waals surface area contributed by atoms with Crippen LogP contribution in [-0.4, -0.2) is 29.6 Å². The van der Waals surface area contributed by atoms with E-state index >= 15 is 0 Å². The summed E-state index contributed by atoms with van der Waals surface area (Å²) < 4.78 is 0. The van der Waals surface area contributed by atoms with Crippen LogP contribution in [0.1, 0.15) is 20.8 Å². The number of nitrogens with two attached hydrogens (primary N) is 1. The fraction of sp³-hybridized carbons (Fsp3) is 0.267. The molecule has 0 aliphatic carbocycles. The number of hydrogen-bond acceptors (Lipinski definition) is 4. The van der Waals surface area contributed by atoms with Crippen molar-refractivity contribution in [1.82, 2.24) is 4.90 Å². The van der Waals surface area contributed by atoms with E-state index < -0.39 is 5.97 Å². The summed E-state index contributed by atoms with van der Waals surface area (Å²) in [6, 6.07) is 9.40. The van der Waals surface area contributed by atoms with Crippen LogP contribution in [0.4, 0.5) is 5.69 Å². The van der Waals surface area contributed by atoms with Gasteiger partial charge in [-0.15, -0.1) is 11.3 Å². The number of hydrogen-bond donors (Lipinski definition) is 2. The number of anilines is 1. The van der Waals surface area contributed by atoms with Crippen LogP contribution in [0.2, 0.25) is 0 Å². The van der Waals surface area contributed by atoms with Crippen molar-refractivity contribution < 1.29 is 9.90 Å². The Balaban J connectivity index is 2.02. The zero-order chi connectivity index (χ0) is 14.5. The molecule has 1 heterocycles. The van der Waals surface area contributed by atoms with Gasteiger partial charge in [-0.1, -0.05) is 18.2 Å². The highest BCUT2D eigenvalue weighted by Gasteiger charge is 2.14. The van der Waals surface area contributed by atoms with Crippen LogP contribution in [0.25, 0.3) is 0 Å². The summed E-state index contributed by atoms with van der Waals surface area (Å²) in [5.74, 6) is -0.968. The van der Waals surface area contributed by atoms with Gasteiger partial charge in [0.15, 0.2) is 0 Å². The maximum absolute atomic E-state index is 11.3. The van der Waals surface area contributed by atoms with E-state index in [0.717, 1.165) is 18.5 Å². The maximum Gasteiger partial charge on any atom is 0.338 e. The molecule has 5 heteroatoms. The van der Waals surface area contributed by atoms with E-state index in [-0.39, 0.29) is 5.56 Å². The molecule has 0 atom stereocenters. The summed E-state index contributed by atoms with van der Waals surface area (Å²) in [5.41, 5.74) is 7.05. The van der Waals surface area contributed by atoms with Crippen molar-refractivity contribution in [3.8, 4) is 0 Å². The van der Waals surface area contributed by atoms with Gasteiger partial charge in [-0.2, -0.15) is 0 Å². The SMILES string of the molecule is CN(CCc1cccs1)Cc1cccc(N)c1C(=O)O. The van der Waals surface area contributed by atoms with Crippen LogP contribution >= 0.6 is 11.3 Å². The Kier molecular flexibility index (Phi) is 4.76. The van der Waals surface area contributed by atoms with Crippen molar-refractivity contribution in [3.63, 3.8) is 0 Å². The monoisotopic (exact) mass is 290 g/mol. The highest BCUT2D eigenvalue weighted by Crippen LogP contribution is 2.19. The second kappa shape index (κ2) is 6.54. The second-order valence-electron chi connectivity index (χ2n) is 4.75. The number of benzene rings is 1. The van der Waals surface area contributed by atoms with Gasteiger partial charge in [-0.05, 0) is 36.5 Å². The Hall–Kier alpha value is -1.85. The molecule has 0 saturated carbocycles. The molecule has 20 heavy (non-hydrogen) atoms. The summed E-state index contributed by atoms with van der Waals surface area (Å²) in [6.45, 7) is 1.46. The summed E-state index contributed by atoms with van der Waals surface area (Å²) in [5, 5.41) is 11.3. The van der Waals surface area contributed by atoms with Crippen LogP contribution in [0.5, 0.6) is 0 Å². The lowest BCUT2D eigenvalue weighted by Crippen LogP contribution is -2.22. The first-order chi connectivity index (χ1) is 9.58. The molecule has 4 nitrogen and oxygen atoms in total. The van der Waals surface area contributed by atoms with Gasteiger partial charge < -0.3 is 15.7 Å². The molecule has 0 aliphatic rings. The Morgan fingerprint density at radius 1 is 1.35 bits per heavy atom. The number of rotatable bonds is 6. The predicted molar refractivity (Wildman–Crippen MR) is 82.2 cm³/mol. The molecule has 0 aliphatic heterocycles. The third-order valence-corrected chi connectivity index (χ3v) is 4.09. The first-order valence-corrected chi connectivity index (χ1v) is 7.27. The van der Waals surface area contributed by atoms with Crippen molar-refractivity contribution in [2.75, 3.05) is 19.3 Å². The Morgan fingerprint density at radius 2 is 2.15 bits per heavy atom. The third-order valence-electron chi connectivity index (χ3n) is 3.16. The van der Waals surface area contributed by atoms with Crippen molar-refractivity contribution in [3.05, 3.63) is 51.7 Å². The van der Waals surface area contributed by atoms with Crippen LogP contribution in [0.3, 0.4) is 0 Å². The lowest BCUT2D eigenvalue weighted by Gasteiger charge is -2.18.